The number of anilines is 1. The maximum atomic E-state index is 12.4. The molecule has 1 aromatic rings. The van der Waals surface area contributed by atoms with Gasteiger partial charge in [-0.3, -0.25) is 0 Å². The van der Waals surface area contributed by atoms with Crippen LogP contribution >= 0.6 is 0 Å². The van der Waals surface area contributed by atoms with Gasteiger partial charge in [0.25, 0.3) is 9.84 Å². The molecule has 0 aliphatic carbocycles. The van der Waals surface area contributed by atoms with Gasteiger partial charge in [-0.25, -0.2) is 8.42 Å². The van der Waals surface area contributed by atoms with Crippen molar-refractivity contribution in [3.05, 3.63) is 24.3 Å². The van der Waals surface area contributed by atoms with Crippen LogP contribution < -0.4 is 5.32 Å². The minimum atomic E-state index is -5.29. The molecule has 0 saturated heterocycles. The molecule has 120 valence electrons. The van der Waals surface area contributed by atoms with Crippen LogP contribution in [0, 0.1) is 0 Å². The molecule has 0 aliphatic rings. The van der Waals surface area contributed by atoms with Gasteiger partial charge in [0.2, 0.25) is 0 Å². The average Bonchev–Trinajstić information content (AvgIpc) is 2.38. The van der Waals surface area contributed by atoms with Gasteiger partial charge in [0.15, 0.2) is 0 Å². The zero-order valence-corrected chi connectivity index (χ0v) is 12.6. The first-order valence-corrected chi connectivity index (χ1v) is 7.87. The molecule has 8 heteroatoms. The van der Waals surface area contributed by atoms with Crippen LogP contribution in [-0.4, -0.2) is 33.7 Å². The molecule has 0 bridgehead atoms. The second-order valence-corrected chi connectivity index (χ2v) is 6.50. The summed E-state index contributed by atoms with van der Waals surface area (Å²) in [4.78, 5) is -0.765. The fourth-order valence-electron chi connectivity index (χ4n) is 1.85. The molecule has 0 fully saturated rings. The predicted molar refractivity (Wildman–Crippen MR) is 73.9 cm³/mol. The molecular formula is C13H18F3NO3S. The zero-order valence-electron chi connectivity index (χ0n) is 11.8. The van der Waals surface area contributed by atoms with Crippen LogP contribution in [0.1, 0.15) is 19.8 Å². The quantitative estimate of drug-likeness (QED) is 0.836. The van der Waals surface area contributed by atoms with Crippen molar-refractivity contribution in [2.75, 3.05) is 19.0 Å². The molecule has 1 rings (SSSR count). The van der Waals surface area contributed by atoms with E-state index in [-0.39, 0.29) is 6.04 Å². The third kappa shape index (κ3) is 4.60. The van der Waals surface area contributed by atoms with E-state index in [2.05, 4.69) is 5.32 Å². The maximum Gasteiger partial charge on any atom is 0.501 e. The first-order valence-electron chi connectivity index (χ1n) is 6.39. The van der Waals surface area contributed by atoms with Crippen LogP contribution in [0.4, 0.5) is 18.9 Å². The molecule has 1 aromatic carbocycles. The fraction of sp³-hybridized carbons (Fsp3) is 0.538. The topological polar surface area (TPSA) is 55.4 Å². The van der Waals surface area contributed by atoms with E-state index in [1.807, 2.05) is 6.92 Å². The Labute approximate surface area is 122 Å². The summed E-state index contributed by atoms with van der Waals surface area (Å²) in [5.41, 5.74) is -4.74. The van der Waals surface area contributed by atoms with E-state index in [0.717, 1.165) is 25.0 Å². The summed E-state index contributed by atoms with van der Waals surface area (Å²) in [6.45, 7) is 2.46. The Hall–Kier alpha value is -1.28. The average molecular weight is 325 g/mol. The van der Waals surface area contributed by atoms with Crippen LogP contribution in [-0.2, 0) is 14.6 Å². The third-order valence-electron chi connectivity index (χ3n) is 2.85. The Morgan fingerprint density at radius 1 is 1.24 bits per heavy atom. The number of benzene rings is 1. The molecule has 1 N–H and O–H groups in total. The Kier molecular flexibility index (Phi) is 6.03. The standard InChI is InChI=1S/C13H18F3NO3S/c1-3-4-11(9-20-2)17-10-5-7-12(8-6-10)21(18,19)13(14,15)16/h5-8,11,17H,3-4,9H2,1-2H3. The van der Waals surface area contributed by atoms with E-state index in [1.54, 1.807) is 7.11 Å². The summed E-state index contributed by atoms with van der Waals surface area (Å²) in [6.07, 6.45) is 1.75. The first kappa shape index (κ1) is 17.8. The van der Waals surface area contributed by atoms with E-state index in [9.17, 15) is 21.6 Å². The highest BCUT2D eigenvalue weighted by Crippen LogP contribution is 2.30. The van der Waals surface area contributed by atoms with Gasteiger partial charge in [-0.1, -0.05) is 13.3 Å². The van der Waals surface area contributed by atoms with Gasteiger partial charge in [0.1, 0.15) is 0 Å². The number of rotatable bonds is 7. The van der Waals surface area contributed by atoms with Crippen molar-refractivity contribution in [1.29, 1.82) is 0 Å². The lowest BCUT2D eigenvalue weighted by Gasteiger charge is -2.18. The van der Waals surface area contributed by atoms with Gasteiger partial charge in [0.05, 0.1) is 11.5 Å². The first-order chi connectivity index (χ1) is 9.72. The van der Waals surface area contributed by atoms with E-state index < -0.39 is 20.2 Å². The molecule has 0 amide bonds. The Balaban J connectivity index is 2.88. The normalized spacial score (nSPS) is 14.0. The highest BCUT2D eigenvalue weighted by Gasteiger charge is 2.46. The van der Waals surface area contributed by atoms with E-state index in [4.69, 9.17) is 4.74 Å². The Morgan fingerprint density at radius 2 is 1.81 bits per heavy atom. The minimum absolute atomic E-state index is 0.0186. The number of methoxy groups -OCH3 is 1. The van der Waals surface area contributed by atoms with Crippen molar-refractivity contribution in [3.8, 4) is 0 Å². The smallest absolute Gasteiger partial charge is 0.383 e. The largest absolute Gasteiger partial charge is 0.501 e. The van der Waals surface area contributed by atoms with Crippen LogP contribution in [0.5, 0.6) is 0 Å². The molecule has 0 aliphatic heterocycles. The summed E-state index contributed by atoms with van der Waals surface area (Å²) in [7, 11) is -3.74. The van der Waals surface area contributed by atoms with Crippen molar-refractivity contribution in [3.63, 3.8) is 0 Å². The van der Waals surface area contributed by atoms with Crippen molar-refractivity contribution in [2.45, 2.75) is 36.2 Å². The van der Waals surface area contributed by atoms with E-state index in [0.29, 0.717) is 12.3 Å². The third-order valence-corrected chi connectivity index (χ3v) is 4.35. The summed E-state index contributed by atoms with van der Waals surface area (Å²) >= 11 is 0. The number of hydrogen-bond donors (Lipinski definition) is 1. The molecule has 0 radical (unpaired) electrons. The van der Waals surface area contributed by atoms with E-state index in [1.165, 1.54) is 12.1 Å². The Bertz CT molecular complexity index is 535. The number of sulfone groups is 1. The van der Waals surface area contributed by atoms with Gasteiger partial charge >= 0.3 is 5.51 Å². The second kappa shape index (κ2) is 7.13. The molecule has 21 heavy (non-hydrogen) atoms. The molecule has 0 saturated carbocycles. The van der Waals surface area contributed by atoms with Crippen molar-refractivity contribution in [2.24, 2.45) is 0 Å². The monoisotopic (exact) mass is 325 g/mol. The fourth-order valence-corrected chi connectivity index (χ4v) is 2.61. The number of hydrogen-bond acceptors (Lipinski definition) is 4. The molecule has 1 atom stereocenters. The van der Waals surface area contributed by atoms with Crippen molar-refractivity contribution in [1.82, 2.24) is 0 Å². The van der Waals surface area contributed by atoms with Gasteiger partial charge in [-0.05, 0) is 30.7 Å². The number of ether oxygens (including phenoxy) is 1. The van der Waals surface area contributed by atoms with E-state index >= 15 is 0 Å². The molecule has 0 spiro atoms. The van der Waals surface area contributed by atoms with Gasteiger partial charge < -0.3 is 10.1 Å². The highest BCUT2D eigenvalue weighted by atomic mass is 32.2. The lowest BCUT2D eigenvalue weighted by atomic mass is 10.1. The predicted octanol–water partition coefficient (Wildman–Crippen LogP) is 3.21. The lowest BCUT2D eigenvalue weighted by molar-refractivity contribution is -0.0436. The zero-order chi connectivity index (χ0) is 16.1. The van der Waals surface area contributed by atoms with Crippen LogP contribution in [0.25, 0.3) is 0 Å². The SMILES string of the molecule is CCCC(COC)Nc1ccc(S(=O)(=O)C(F)(F)F)cc1. The number of alkyl halides is 3. The number of nitrogens with one attached hydrogen (secondary N) is 1. The van der Waals surface area contributed by atoms with Crippen LogP contribution in [0.15, 0.2) is 29.2 Å². The summed E-state index contributed by atoms with van der Waals surface area (Å²) in [6, 6.07) is 4.54. The van der Waals surface area contributed by atoms with Gasteiger partial charge in [-0.2, -0.15) is 13.2 Å². The summed E-state index contributed by atoms with van der Waals surface area (Å²) in [5.74, 6) is 0. The molecule has 0 heterocycles. The number of halogens is 3. The highest BCUT2D eigenvalue weighted by molar-refractivity contribution is 7.92. The second-order valence-electron chi connectivity index (χ2n) is 4.56. The minimum Gasteiger partial charge on any atom is -0.383 e. The molecule has 1 unspecified atom stereocenters. The lowest BCUT2D eigenvalue weighted by Crippen LogP contribution is -2.25. The van der Waals surface area contributed by atoms with Crippen LogP contribution in [0.2, 0.25) is 0 Å². The molecule has 4 nitrogen and oxygen atoms in total. The summed E-state index contributed by atoms with van der Waals surface area (Å²) < 4.78 is 64.7. The summed E-state index contributed by atoms with van der Waals surface area (Å²) in [5, 5.41) is 3.10. The molecular weight excluding hydrogens is 307 g/mol. The van der Waals surface area contributed by atoms with Gasteiger partial charge in [0, 0.05) is 18.8 Å². The maximum absolute atomic E-state index is 12.4. The van der Waals surface area contributed by atoms with Gasteiger partial charge in [-0.15, -0.1) is 0 Å². The van der Waals surface area contributed by atoms with Crippen molar-refractivity contribution < 1.29 is 26.3 Å². The van der Waals surface area contributed by atoms with Crippen LogP contribution in [0.3, 0.4) is 0 Å². The molecule has 0 aromatic heterocycles. The van der Waals surface area contributed by atoms with Crippen molar-refractivity contribution >= 4 is 15.5 Å². The Morgan fingerprint density at radius 3 is 2.24 bits per heavy atom.